The molecule has 2 aliphatic rings. The smallest absolute Gasteiger partial charge is 0.190 e. The highest BCUT2D eigenvalue weighted by molar-refractivity contribution is 6.27. The first-order chi connectivity index (χ1) is 10.5. The van der Waals surface area contributed by atoms with Crippen molar-refractivity contribution in [1.82, 2.24) is 0 Å². The number of benzene rings is 1. The number of carbonyl (C=O) groups is 4. The lowest BCUT2D eigenvalue weighted by Gasteiger charge is -2.19. The second kappa shape index (κ2) is 5.15. The fourth-order valence-electron chi connectivity index (χ4n) is 2.65. The van der Waals surface area contributed by atoms with Crippen LogP contribution < -0.4 is 0 Å². The fourth-order valence-corrected chi connectivity index (χ4v) is 2.65. The van der Waals surface area contributed by atoms with Crippen LogP contribution in [-0.4, -0.2) is 23.1 Å². The van der Waals surface area contributed by atoms with Crippen LogP contribution in [0.15, 0.2) is 59.2 Å². The predicted molar refractivity (Wildman–Crippen MR) is 79.7 cm³/mol. The van der Waals surface area contributed by atoms with Crippen LogP contribution in [0.2, 0.25) is 0 Å². The van der Waals surface area contributed by atoms with Gasteiger partial charge < -0.3 is 0 Å². The molecule has 22 heavy (non-hydrogen) atoms. The van der Waals surface area contributed by atoms with Gasteiger partial charge in [-0.1, -0.05) is 24.3 Å². The maximum atomic E-state index is 12.6. The number of carbonyl (C=O) groups excluding carboxylic acids is 4. The molecule has 108 valence electrons. The summed E-state index contributed by atoms with van der Waals surface area (Å²) in [6.45, 7) is 1.58. The van der Waals surface area contributed by atoms with Crippen molar-refractivity contribution >= 4 is 23.1 Å². The number of rotatable bonds is 2. The molecule has 0 fully saturated rings. The van der Waals surface area contributed by atoms with Crippen molar-refractivity contribution in [3.05, 3.63) is 70.3 Å². The van der Waals surface area contributed by atoms with Gasteiger partial charge in [0.15, 0.2) is 23.1 Å². The van der Waals surface area contributed by atoms with Crippen molar-refractivity contribution in [3.8, 4) is 0 Å². The van der Waals surface area contributed by atoms with Crippen LogP contribution in [0.3, 0.4) is 0 Å². The van der Waals surface area contributed by atoms with Crippen molar-refractivity contribution in [2.24, 2.45) is 0 Å². The first-order valence-corrected chi connectivity index (χ1v) is 6.84. The van der Waals surface area contributed by atoms with E-state index in [2.05, 4.69) is 0 Å². The van der Waals surface area contributed by atoms with Crippen LogP contribution in [0.25, 0.3) is 0 Å². The fraction of sp³-hybridized carbons (Fsp3) is 0.111. The Morgan fingerprint density at radius 3 is 2.18 bits per heavy atom. The van der Waals surface area contributed by atoms with Gasteiger partial charge in [-0.3, -0.25) is 19.2 Å². The zero-order valence-electron chi connectivity index (χ0n) is 11.9. The molecular weight excluding hydrogens is 280 g/mol. The van der Waals surface area contributed by atoms with Gasteiger partial charge in [-0.15, -0.1) is 0 Å². The molecule has 0 saturated heterocycles. The number of hydrogen-bond acceptors (Lipinski definition) is 4. The molecule has 0 bridgehead atoms. The molecule has 0 aromatic heterocycles. The van der Waals surface area contributed by atoms with Gasteiger partial charge in [-0.2, -0.15) is 0 Å². The molecule has 0 spiro atoms. The summed E-state index contributed by atoms with van der Waals surface area (Å²) in [5, 5.41) is 0. The van der Waals surface area contributed by atoms with Gasteiger partial charge in [0, 0.05) is 34.3 Å². The van der Waals surface area contributed by atoms with E-state index in [0.717, 1.165) is 0 Å². The first-order valence-electron chi connectivity index (χ1n) is 6.84. The Morgan fingerprint density at radius 1 is 0.864 bits per heavy atom. The van der Waals surface area contributed by atoms with Crippen LogP contribution >= 0.6 is 0 Å². The van der Waals surface area contributed by atoms with Crippen LogP contribution in [-0.2, 0) is 9.59 Å². The molecule has 4 heteroatoms. The molecule has 2 aliphatic carbocycles. The average Bonchev–Trinajstić information content (AvgIpc) is 2.52. The van der Waals surface area contributed by atoms with Crippen LogP contribution in [0.1, 0.15) is 34.1 Å². The van der Waals surface area contributed by atoms with Gasteiger partial charge in [0.2, 0.25) is 0 Å². The van der Waals surface area contributed by atoms with Crippen molar-refractivity contribution in [2.45, 2.75) is 13.3 Å². The minimum absolute atomic E-state index is 0.000343. The number of ketones is 4. The molecule has 3 rings (SSSR count). The summed E-state index contributed by atoms with van der Waals surface area (Å²) in [6.07, 6.45) is 3.60. The van der Waals surface area contributed by atoms with Crippen molar-refractivity contribution < 1.29 is 19.2 Å². The van der Waals surface area contributed by atoms with Crippen molar-refractivity contribution in [1.29, 1.82) is 0 Å². The summed E-state index contributed by atoms with van der Waals surface area (Å²) in [7, 11) is 0. The highest BCUT2D eigenvalue weighted by Crippen LogP contribution is 2.30. The molecule has 1 aromatic carbocycles. The van der Waals surface area contributed by atoms with Gasteiger partial charge in [0.25, 0.3) is 0 Å². The molecule has 0 radical (unpaired) electrons. The Morgan fingerprint density at radius 2 is 1.50 bits per heavy atom. The second-order valence-corrected chi connectivity index (χ2v) is 5.25. The molecule has 0 heterocycles. The highest BCUT2D eigenvalue weighted by Gasteiger charge is 2.30. The minimum atomic E-state index is -0.306. The maximum absolute atomic E-state index is 12.6. The van der Waals surface area contributed by atoms with Crippen LogP contribution in [0, 0.1) is 0 Å². The standard InChI is InChI=1S/C18H12O4/c1-10-15(9-11-8-12(19)6-7-16(11)20)18(22)14-5-3-2-4-13(14)17(10)21/h2-8H,9H2,1H3. The predicted octanol–water partition coefficient (Wildman–Crippen LogP) is 2.41. The summed E-state index contributed by atoms with van der Waals surface area (Å²) in [4.78, 5) is 48.2. The third kappa shape index (κ3) is 2.19. The molecule has 0 amide bonds. The van der Waals surface area contributed by atoms with E-state index >= 15 is 0 Å². The Bertz CT molecular complexity index is 834. The molecule has 1 aromatic rings. The van der Waals surface area contributed by atoms with E-state index < -0.39 is 0 Å². The largest absolute Gasteiger partial charge is 0.290 e. The Hall–Kier alpha value is -2.88. The van der Waals surface area contributed by atoms with Gasteiger partial charge >= 0.3 is 0 Å². The zero-order chi connectivity index (χ0) is 15.9. The van der Waals surface area contributed by atoms with Gasteiger partial charge in [-0.05, 0) is 25.2 Å². The number of allylic oxidation sites excluding steroid dienone is 6. The molecule has 0 atom stereocenters. The van der Waals surface area contributed by atoms with E-state index in [9.17, 15) is 19.2 Å². The van der Waals surface area contributed by atoms with Crippen LogP contribution in [0.5, 0.6) is 0 Å². The van der Waals surface area contributed by atoms with E-state index in [0.29, 0.717) is 16.7 Å². The lowest BCUT2D eigenvalue weighted by atomic mass is 9.81. The third-order valence-corrected chi connectivity index (χ3v) is 3.88. The third-order valence-electron chi connectivity index (χ3n) is 3.88. The minimum Gasteiger partial charge on any atom is -0.290 e. The van der Waals surface area contributed by atoms with E-state index in [1.807, 2.05) is 0 Å². The Balaban J connectivity index is 2.03. The second-order valence-electron chi connectivity index (χ2n) is 5.25. The summed E-state index contributed by atoms with van der Waals surface area (Å²) < 4.78 is 0. The lowest BCUT2D eigenvalue weighted by molar-refractivity contribution is -0.114. The Labute approximate surface area is 126 Å². The molecule has 0 saturated carbocycles. The van der Waals surface area contributed by atoms with E-state index in [4.69, 9.17) is 0 Å². The quantitative estimate of drug-likeness (QED) is 0.785. The number of Topliss-reactive ketones (excluding diaryl/α,β-unsaturated/α-hetero) is 2. The number of hydrogen-bond donors (Lipinski definition) is 0. The topological polar surface area (TPSA) is 68.3 Å². The van der Waals surface area contributed by atoms with E-state index in [1.54, 1.807) is 31.2 Å². The van der Waals surface area contributed by atoms with E-state index in [1.165, 1.54) is 18.2 Å². The average molecular weight is 292 g/mol. The van der Waals surface area contributed by atoms with E-state index in [-0.39, 0.29) is 40.7 Å². The van der Waals surface area contributed by atoms with Gasteiger partial charge in [0.05, 0.1) is 0 Å². The monoisotopic (exact) mass is 292 g/mol. The molecule has 4 nitrogen and oxygen atoms in total. The lowest BCUT2D eigenvalue weighted by Crippen LogP contribution is -2.22. The van der Waals surface area contributed by atoms with Gasteiger partial charge in [-0.25, -0.2) is 0 Å². The Kier molecular flexibility index (Phi) is 3.29. The van der Waals surface area contributed by atoms with Crippen LogP contribution in [0.4, 0.5) is 0 Å². The summed E-state index contributed by atoms with van der Waals surface area (Å²) in [6, 6.07) is 6.62. The maximum Gasteiger partial charge on any atom is 0.190 e. The summed E-state index contributed by atoms with van der Waals surface area (Å²) >= 11 is 0. The molecule has 0 N–H and O–H groups in total. The summed E-state index contributed by atoms with van der Waals surface area (Å²) in [5.41, 5.74) is 1.58. The highest BCUT2D eigenvalue weighted by atomic mass is 16.1. The normalized spacial score (nSPS) is 17.8. The first kappa shape index (κ1) is 14.1. The van der Waals surface area contributed by atoms with Gasteiger partial charge in [0.1, 0.15) is 0 Å². The molecule has 0 aliphatic heterocycles. The number of fused-ring (bicyclic) bond motifs is 1. The summed E-state index contributed by atoms with van der Waals surface area (Å²) in [5.74, 6) is -1.07. The van der Waals surface area contributed by atoms with Crippen molar-refractivity contribution in [3.63, 3.8) is 0 Å². The molecular formula is C18H12O4. The SMILES string of the molecule is CC1=C(CC2=CC(=O)C=CC2=O)C(=O)c2ccccc2C1=O. The zero-order valence-corrected chi connectivity index (χ0v) is 11.9. The molecule has 0 unspecified atom stereocenters. The van der Waals surface area contributed by atoms with Crippen molar-refractivity contribution in [2.75, 3.05) is 0 Å².